The lowest BCUT2D eigenvalue weighted by Crippen LogP contribution is -2.47. The number of nitrogens with zero attached hydrogens (tertiary/aromatic N) is 1. The average molecular weight is 224 g/mol. The van der Waals surface area contributed by atoms with Crippen LogP contribution in [0.2, 0.25) is 0 Å². The molecule has 0 aromatic carbocycles. The molecule has 1 amide bonds. The van der Waals surface area contributed by atoms with E-state index in [1.165, 1.54) is 0 Å². The van der Waals surface area contributed by atoms with Gasteiger partial charge >= 0.3 is 6.09 Å². The molecular formula is C12H20N2O2. The van der Waals surface area contributed by atoms with E-state index in [1.54, 1.807) is 4.90 Å². The van der Waals surface area contributed by atoms with Crippen LogP contribution in [0.5, 0.6) is 0 Å². The summed E-state index contributed by atoms with van der Waals surface area (Å²) < 4.78 is 4.95. The van der Waals surface area contributed by atoms with Crippen molar-refractivity contribution in [2.75, 3.05) is 19.7 Å². The fraction of sp³-hybridized carbons (Fsp3) is 0.750. The number of amides is 1. The summed E-state index contributed by atoms with van der Waals surface area (Å²) in [5.41, 5.74) is 0. The highest BCUT2D eigenvalue weighted by Crippen LogP contribution is 2.11. The Kier molecular flexibility index (Phi) is 5.13. The number of likely N-dealkylation sites (tertiary alicyclic amines) is 1. The fourth-order valence-corrected chi connectivity index (χ4v) is 1.85. The van der Waals surface area contributed by atoms with Crippen molar-refractivity contribution in [1.29, 1.82) is 0 Å². The Bertz CT molecular complexity index is 265. The lowest BCUT2D eigenvalue weighted by Gasteiger charge is -2.32. The summed E-state index contributed by atoms with van der Waals surface area (Å²) in [4.78, 5) is 13.2. The summed E-state index contributed by atoms with van der Waals surface area (Å²) in [6.07, 6.45) is 6.98. The summed E-state index contributed by atoms with van der Waals surface area (Å²) in [5.74, 6) is 2.65. The Morgan fingerprint density at radius 3 is 2.75 bits per heavy atom. The number of hydrogen-bond donors (Lipinski definition) is 1. The number of hydrogen-bond acceptors (Lipinski definition) is 3. The molecule has 1 aliphatic heterocycles. The van der Waals surface area contributed by atoms with Gasteiger partial charge in [-0.25, -0.2) is 4.79 Å². The number of carbonyl (C=O) groups excluding carboxylic acids is 1. The second kappa shape index (κ2) is 6.39. The van der Waals surface area contributed by atoms with Crippen LogP contribution in [-0.4, -0.2) is 42.8 Å². The molecule has 1 fully saturated rings. The Labute approximate surface area is 97.3 Å². The molecule has 90 valence electrons. The largest absolute Gasteiger partial charge is 0.450 e. The van der Waals surface area contributed by atoms with Gasteiger partial charge in [0.2, 0.25) is 0 Å². The Morgan fingerprint density at radius 2 is 2.25 bits per heavy atom. The van der Waals surface area contributed by atoms with Gasteiger partial charge in [-0.1, -0.05) is 5.92 Å². The highest BCUT2D eigenvalue weighted by Gasteiger charge is 2.23. The van der Waals surface area contributed by atoms with Crippen molar-refractivity contribution in [3.8, 4) is 12.3 Å². The number of terminal acetylenes is 1. The van der Waals surface area contributed by atoms with E-state index in [1.807, 2.05) is 13.8 Å². The molecule has 1 atom stereocenters. The van der Waals surface area contributed by atoms with Crippen molar-refractivity contribution in [3.63, 3.8) is 0 Å². The van der Waals surface area contributed by atoms with Crippen LogP contribution in [0.1, 0.15) is 26.7 Å². The zero-order valence-electron chi connectivity index (χ0n) is 10.0. The molecule has 4 nitrogen and oxygen atoms in total. The van der Waals surface area contributed by atoms with Crippen molar-refractivity contribution < 1.29 is 9.53 Å². The van der Waals surface area contributed by atoms with E-state index in [9.17, 15) is 4.79 Å². The lowest BCUT2D eigenvalue weighted by molar-refractivity contribution is 0.0948. The molecule has 1 heterocycles. The van der Waals surface area contributed by atoms with Crippen LogP contribution in [0.15, 0.2) is 0 Å². The smallest absolute Gasteiger partial charge is 0.409 e. The molecule has 1 N–H and O–H groups in total. The first-order valence-electron chi connectivity index (χ1n) is 5.81. The average Bonchev–Trinajstić information content (AvgIpc) is 2.30. The zero-order chi connectivity index (χ0) is 12.0. The summed E-state index contributed by atoms with van der Waals surface area (Å²) in [6.45, 7) is 5.71. The molecule has 0 radical (unpaired) electrons. The van der Waals surface area contributed by atoms with E-state index < -0.39 is 0 Å². The predicted octanol–water partition coefficient (Wildman–Crippen LogP) is 1.22. The monoisotopic (exact) mass is 224 g/mol. The zero-order valence-corrected chi connectivity index (χ0v) is 10.0. The molecule has 4 heteroatoms. The fourth-order valence-electron chi connectivity index (χ4n) is 1.85. The molecule has 0 aromatic heterocycles. The van der Waals surface area contributed by atoms with Crippen LogP contribution in [0.3, 0.4) is 0 Å². The second-order valence-corrected chi connectivity index (χ2v) is 4.02. The van der Waals surface area contributed by atoms with Gasteiger partial charge in [0.05, 0.1) is 12.6 Å². The number of piperidine rings is 1. The topological polar surface area (TPSA) is 41.6 Å². The summed E-state index contributed by atoms with van der Waals surface area (Å²) >= 11 is 0. The van der Waals surface area contributed by atoms with Crippen LogP contribution >= 0.6 is 0 Å². The third kappa shape index (κ3) is 3.74. The number of nitrogens with one attached hydrogen (secondary N) is 1. The van der Waals surface area contributed by atoms with Crippen molar-refractivity contribution in [2.45, 2.75) is 38.8 Å². The Morgan fingerprint density at radius 1 is 1.62 bits per heavy atom. The maximum absolute atomic E-state index is 11.4. The van der Waals surface area contributed by atoms with Crippen molar-refractivity contribution in [3.05, 3.63) is 0 Å². The standard InChI is InChI=1S/C12H20N2O2/c1-4-10(3)13-11-6-8-14(9-7-11)12(15)16-5-2/h1,10-11,13H,5-9H2,2-3H3. The first kappa shape index (κ1) is 12.9. The number of carbonyl (C=O) groups is 1. The number of ether oxygens (including phenoxy) is 1. The van der Waals surface area contributed by atoms with Gasteiger partial charge in [0, 0.05) is 19.1 Å². The van der Waals surface area contributed by atoms with Gasteiger partial charge in [0.25, 0.3) is 0 Å². The van der Waals surface area contributed by atoms with E-state index in [0.29, 0.717) is 12.6 Å². The van der Waals surface area contributed by atoms with Crippen molar-refractivity contribution in [1.82, 2.24) is 10.2 Å². The van der Waals surface area contributed by atoms with E-state index in [2.05, 4.69) is 11.2 Å². The van der Waals surface area contributed by atoms with Gasteiger partial charge in [-0.05, 0) is 26.7 Å². The van der Waals surface area contributed by atoms with Crippen LogP contribution in [0.25, 0.3) is 0 Å². The van der Waals surface area contributed by atoms with Crippen LogP contribution in [0.4, 0.5) is 4.79 Å². The molecule has 1 rings (SSSR count). The Hall–Kier alpha value is -1.21. The number of rotatable bonds is 3. The summed E-state index contributed by atoms with van der Waals surface area (Å²) in [5, 5.41) is 3.35. The molecule has 1 saturated heterocycles. The molecule has 0 saturated carbocycles. The van der Waals surface area contributed by atoms with Crippen molar-refractivity contribution >= 4 is 6.09 Å². The maximum atomic E-state index is 11.4. The van der Waals surface area contributed by atoms with Crippen LogP contribution in [-0.2, 0) is 4.74 Å². The molecule has 0 aliphatic carbocycles. The molecule has 0 spiro atoms. The summed E-state index contributed by atoms with van der Waals surface area (Å²) in [7, 11) is 0. The van der Waals surface area contributed by atoms with Gasteiger partial charge in [0.1, 0.15) is 0 Å². The normalized spacial score (nSPS) is 18.9. The molecule has 16 heavy (non-hydrogen) atoms. The quantitative estimate of drug-likeness (QED) is 0.733. The summed E-state index contributed by atoms with van der Waals surface area (Å²) in [6, 6.07) is 0.510. The Balaban J connectivity index is 2.29. The first-order valence-corrected chi connectivity index (χ1v) is 5.81. The molecule has 1 unspecified atom stereocenters. The SMILES string of the molecule is C#CC(C)NC1CCN(C(=O)OCC)CC1. The van der Waals surface area contributed by atoms with E-state index >= 15 is 0 Å². The van der Waals surface area contributed by atoms with Gasteiger partial charge in [-0.3, -0.25) is 0 Å². The lowest BCUT2D eigenvalue weighted by atomic mass is 10.0. The van der Waals surface area contributed by atoms with E-state index in [4.69, 9.17) is 11.2 Å². The second-order valence-electron chi connectivity index (χ2n) is 4.02. The van der Waals surface area contributed by atoms with E-state index in [-0.39, 0.29) is 12.1 Å². The minimum atomic E-state index is -0.203. The van der Waals surface area contributed by atoms with Gasteiger partial charge in [-0.2, -0.15) is 0 Å². The van der Waals surface area contributed by atoms with Gasteiger partial charge in [0.15, 0.2) is 0 Å². The first-order chi connectivity index (χ1) is 7.67. The third-order valence-electron chi connectivity index (χ3n) is 2.76. The predicted molar refractivity (Wildman–Crippen MR) is 63.0 cm³/mol. The molecule has 0 bridgehead atoms. The maximum Gasteiger partial charge on any atom is 0.409 e. The molecule has 1 aliphatic rings. The minimum absolute atomic E-state index is 0.0964. The van der Waals surface area contributed by atoms with E-state index in [0.717, 1.165) is 25.9 Å². The molecular weight excluding hydrogens is 204 g/mol. The highest BCUT2D eigenvalue weighted by atomic mass is 16.6. The van der Waals surface area contributed by atoms with Crippen LogP contribution in [0, 0.1) is 12.3 Å². The minimum Gasteiger partial charge on any atom is -0.450 e. The highest BCUT2D eigenvalue weighted by molar-refractivity contribution is 5.67. The van der Waals surface area contributed by atoms with Crippen molar-refractivity contribution in [2.24, 2.45) is 0 Å². The van der Waals surface area contributed by atoms with Gasteiger partial charge in [-0.15, -0.1) is 6.42 Å². The van der Waals surface area contributed by atoms with Crippen LogP contribution < -0.4 is 5.32 Å². The third-order valence-corrected chi connectivity index (χ3v) is 2.76. The molecule has 0 aromatic rings. The van der Waals surface area contributed by atoms with Gasteiger partial charge < -0.3 is 15.0 Å².